The molecule has 6 nitrogen and oxygen atoms in total. The van der Waals surface area contributed by atoms with Crippen LogP contribution in [0, 0.1) is 0 Å². The van der Waals surface area contributed by atoms with Gasteiger partial charge < -0.3 is 9.47 Å². The van der Waals surface area contributed by atoms with Gasteiger partial charge in [0.2, 0.25) is 0 Å². The summed E-state index contributed by atoms with van der Waals surface area (Å²) in [7, 11) is 0. The van der Waals surface area contributed by atoms with Gasteiger partial charge in [0.05, 0.1) is 27.7 Å². The van der Waals surface area contributed by atoms with Gasteiger partial charge in [0.25, 0.3) is 0 Å². The van der Waals surface area contributed by atoms with Crippen molar-refractivity contribution in [2.24, 2.45) is 0 Å². The third kappa shape index (κ3) is 2.06. The van der Waals surface area contributed by atoms with Crippen molar-refractivity contribution >= 4 is 35.5 Å². The molecule has 8 rings (SSSR count). The third-order valence-corrected chi connectivity index (χ3v) is 7.91. The van der Waals surface area contributed by atoms with E-state index in [1.54, 1.807) is 24.3 Å². The number of halogens is 1. The Balaban J connectivity index is 1.60. The lowest BCUT2D eigenvalue weighted by molar-refractivity contribution is 0.0425. The van der Waals surface area contributed by atoms with Gasteiger partial charge in [-0.1, -0.05) is 41.9 Å². The standard InChI is InChI=1S/C29H11ClO6/c30-12-5-6-14-13-3-1-2-4-21(13)29(22(14)7-12)23-10-19-17(25(31)35-27(19)33)8-15(23)16-9-18-20(11-24(16)29)28(34)36-26(18)32/h1-11H. The van der Waals surface area contributed by atoms with Crippen LogP contribution in [-0.2, 0) is 14.9 Å². The van der Waals surface area contributed by atoms with Crippen LogP contribution in [0.25, 0.3) is 22.3 Å². The van der Waals surface area contributed by atoms with Crippen LogP contribution in [0.4, 0.5) is 0 Å². The lowest BCUT2D eigenvalue weighted by Crippen LogP contribution is -2.26. The van der Waals surface area contributed by atoms with Crippen LogP contribution >= 0.6 is 11.6 Å². The Morgan fingerprint density at radius 1 is 0.472 bits per heavy atom. The highest BCUT2D eigenvalue weighted by Crippen LogP contribution is 2.64. The van der Waals surface area contributed by atoms with E-state index in [-0.39, 0.29) is 22.3 Å². The predicted octanol–water partition coefficient (Wildman–Crippen LogP) is 5.30. The molecule has 0 saturated carbocycles. The molecule has 0 radical (unpaired) electrons. The Bertz CT molecular complexity index is 1750. The minimum atomic E-state index is -0.941. The molecule has 170 valence electrons. The summed E-state index contributed by atoms with van der Waals surface area (Å²) in [5, 5.41) is 0.530. The normalized spacial score (nSPS) is 16.8. The molecule has 7 heteroatoms. The molecular weight excluding hydrogens is 480 g/mol. The van der Waals surface area contributed by atoms with Gasteiger partial charge in [0, 0.05) is 5.02 Å². The minimum absolute atomic E-state index is 0.165. The van der Waals surface area contributed by atoms with E-state index in [4.69, 9.17) is 21.1 Å². The van der Waals surface area contributed by atoms with E-state index in [2.05, 4.69) is 0 Å². The second-order valence-corrected chi connectivity index (χ2v) is 9.66. The van der Waals surface area contributed by atoms with Gasteiger partial charge in [-0.3, -0.25) is 0 Å². The quantitative estimate of drug-likeness (QED) is 0.212. The molecule has 2 aliphatic heterocycles. The van der Waals surface area contributed by atoms with Gasteiger partial charge in [-0.05, 0) is 80.9 Å². The number of carbonyl (C=O) groups is 4. The van der Waals surface area contributed by atoms with Gasteiger partial charge in [0.1, 0.15) is 0 Å². The summed E-state index contributed by atoms with van der Waals surface area (Å²) in [6.45, 7) is 0. The van der Waals surface area contributed by atoms with Crippen LogP contribution in [0.5, 0.6) is 0 Å². The zero-order valence-corrected chi connectivity index (χ0v) is 18.9. The number of benzene rings is 4. The van der Waals surface area contributed by atoms with E-state index < -0.39 is 29.3 Å². The summed E-state index contributed by atoms with van der Waals surface area (Å²) in [5.41, 5.74) is 6.38. The summed E-state index contributed by atoms with van der Waals surface area (Å²) in [5.74, 6) is -2.84. The lowest BCUT2D eigenvalue weighted by Gasteiger charge is -2.30. The Kier molecular flexibility index (Phi) is 3.38. The largest absolute Gasteiger partial charge is 0.386 e. The number of rotatable bonds is 0. The first-order valence-electron chi connectivity index (χ1n) is 11.2. The molecule has 0 aromatic heterocycles. The van der Waals surface area contributed by atoms with Crippen molar-refractivity contribution in [2.75, 3.05) is 0 Å². The van der Waals surface area contributed by atoms with Crippen molar-refractivity contribution < 1.29 is 28.7 Å². The Hall–Kier alpha value is -4.55. The van der Waals surface area contributed by atoms with E-state index in [0.717, 1.165) is 33.4 Å². The van der Waals surface area contributed by atoms with E-state index in [1.807, 2.05) is 42.5 Å². The smallest absolute Gasteiger partial charge is 0.346 e. The molecule has 0 amide bonds. The topological polar surface area (TPSA) is 86.7 Å². The SMILES string of the molecule is O=C1OC(=O)c2cc3c(cc21)-c1cc2c(cc1C31c3ccccc3-c3ccc(Cl)cc31)C(=O)OC2=O. The summed E-state index contributed by atoms with van der Waals surface area (Å²) in [6.07, 6.45) is 0. The predicted molar refractivity (Wildman–Crippen MR) is 127 cm³/mol. The van der Waals surface area contributed by atoms with Gasteiger partial charge in [-0.2, -0.15) is 0 Å². The summed E-state index contributed by atoms with van der Waals surface area (Å²) in [4.78, 5) is 50.0. The second kappa shape index (κ2) is 6.17. The highest BCUT2D eigenvalue weighted by atomic mass is 35.5. The average molecular weight is 491 g/mol. The molecule has 0 saturated heterocycles. The Labute approximate surface area is 208 Å². The molecule has 4 aromatic carbocycles. The van der Waals surface area contributed by atoms with Crippen molar-refractivity contribution in [1.29, 1.82) is 0 Å². The van der Waals surface area contributed by atoms with Crippen LogP contribution in [0.1, 0.15) is 63.7 Å². The molecule has 36 heavy (non-hydrogen) atoms. The second-order valence-electron chi connectivity index (χ2n) is 9.23. The molecule has 0 N–H and O–H groups in total. The highest BCUT2D eigenvalue weighted by Gasteiger charge is 2.54. The first kappa shape index (κ1) is 19.7. The van der Waals surface area contributed by atoms with E-state index in [1.165, 1.54) is 0 Å². The van der Waals surface area contributed by atoms with Crippen molar-refractivity contribution in [3.05, 3.63) is 116 Å². The van der Waals surface area contributed by atoms with Crippen LogP contribution in [0.15, 0.2) is 66.7 Å². The van der Waals surface area contributed by atoms with Gasteiger partial charge in [-0.25, -0.2) is 19.2 Å². The van der Waals surface area contributed by atoms with Crippen molar-refractivity contribution in [3.63, 3.8) is 0 Å². The summed E-state index contributed by atoms with van der Waals surface area (Å²) < 4.78 is 9.79. The molecule has 0 bridgehead atoms. The maximum Gasteiger partial charge on any atom is 0.346 e. The van der Waals surface area contributed by atoms with E-state index in [0.29, 0.717) is 16.1 Å². The monoisotopic (exact) mass is 490 g/mol. The number of carbonyl (C=O) groups excluding carboxylic acids is 4. The summed E-state index contributed by atoms with van der Waals surface area (Å²) >= 11 is 6.52. The maximum atomic E-state index is 12.6. The molecular formula is C29H11ClO6. The van der Waals surface area contributed by atoms with Gasteiger partial charge >= 0.3 is 23.9 Å². The fourth-order valence-electron chi connectivity index (χ4n) is 6.31. The van der Waals surface area contributed by atoms with E-state index in [9.17, 15) is 19.2 Å². The van der Waals surface area contributed by atoms with Crippen molar-refractivity contribution in [2.45, 2.75) is 5.41 Å². The average Bonchev–Trinajstić information content (AvgIpc) is 3.52. The Morgan fingerprint density at radius 2 is 0.944 bits per heavy atom. The summed E-state index contributed by atoms with van der Waals surface area (Å²) in [6, 6.07) is 20.3. The number of ether oxygens (including phenoxy) is 2. The minimum Gasteiger partial charge on any atom is -0.386 e. The molecule has 1 spiro atoms. The van der Waals surface area contributed by atoms with Gasteiger partial charge in [0.15, 0.2) is 0 Å². The maximum absolute atomic E-state index is 12.6. The molecule has 0 unspecified atom stereocenters. The molecule has 2 aliphatic carbocycles. The highest BCUT2D eigenvalue weighted by molar-refractivity contribution is 6.31. The van der Waals surface area contributed by atoms with Crippen molar-refractivity contribution in [1.82, 2.24) is 0 Å². The van der Waals surface area contributed by atoms with Crippen LogP contribution < -0.4 is 0 Å². The van der Waals surface area contributed by atoms with Crippen LogP contribution in [0.2, 0.25) is 5.02 Å². The molecule has 4 aromatic rings. The molecule has 2 heterocycles. The fraction of sp³-hybridized carbons (Fsp3) is 0.0345. The van der Waals surface area contributed by atoms with Crippen LogP contribution in [-0.4, -0.2) is 23.9 Å². The third-order valence-electron chi connectivity index (χ3n) is 7.67. The number of cyclic esters (lactones) is 4. The van der Waals surface area contributed by atoms with Gasteiger partial charge in [-0.15, -0.1) is 0 Å². The van der Waals surface area contributed by atoms with Crippen LogP contribution in [0.3, 0.4) is 0 Å². The lowest BCUT2D eigenvalue weighted by atomic mass is 9.70. The first-order chi connectivity index (χ1) is 17.4. The first-order valence-corrected chi connectivity index (χ1v) is 11.6. The van der Waals surface area contributed by atoms with Crippen molar-refractivity contribution in [3.8, 4) is 22.3 Å². The zero-order chi connectivity index (χ0) is 24.5. The number of fused-ring (bicyclic) bond motifs is 12. The van der Waals surface area contributed by atoms with E-state index >= 15 is 0 Å². The number of hydrogen-bond acceptors (Lipinski definition) is 6. The Morgan fingerprint density at radius 3 is 1.53 bits per heavy atom. The molecule has 4 aliphatic rings. The molecule has 0 fully saturated rings. The fourth-order valence-corrected chi connectivity index (χ4v) is 6.48. The number of hydrogen-bond donors (Lipinski definition) is 0. The zero-order valence-electron chi connectivity index (χ0n) is 18.2. The number of esters is 4. The molecule has 0 atom stereocenters.